The minimum absolute atomic E-state index is 0.409. The van der Waals surface area contributed by atoms with Crippen molar-refractivity contribution in [2.75, 3.05) is 18.4 Å². The van der Waals surface area contributed by atoms with Crippen LogP contribution in [0.25, 0.3) is 0 Å². The summed E-state index contributed by atoms with van der Waals surface area (Å²) in [5.74, 6) is -0.538. The normalized spacial score (nSPS) is 21.7. The van der Waals surface area contributed by atoms with Crippen molar-refractivity contribution in [1.82, 2.24) is 5.32 Å². The molecule has 0 saturated carbocycles. The van der Waals surface area contributed by atoms with Crippen LogP contribution in [0.5, 0.6) is 0 Å². The minimum atomic E-state index is -1.16. The third-order valence-corrected chi connectivity index (χ3v) is 2.57. The number of nitrogens with zero attached hydrogens (tertiary/aromatic N) is 1. The van der Waals surface area contributed by atoms with Crippen molar-refractivity contribution < 1.29 is 4.79 Å². The highest BCUT2D eigenvalue weighted by atomic mass is 16.2. The second-order valence-corrected chi connectivity index (χ2v) is 3.79. The number of nitrogens with two attached hydrogens (primary N) is 2. The molecule has 0 aromatic heterocycles. The first kappa shape index (κ1) is 11.6. The third-order valence-electron chi connectivity index (χ3n) is 2.57. The molecule has 1 aromatic carbocycles. The second kappa shape index (κ2) is 4.52. The zero-order valence-corrected chi connectivity index (χ0v) is 9.31. The number of carbonyl (C=O) groups excluding carboxylic acids is 1. The summed E-state index contributed by atoms with van der Waals surface area (Å²) in [6.45, 7) is 0.871. The van der Waals surface area contributed by atoms with Gasteiger partial charge in [0.25, 0.3) is 5.91 Å². The number of amides is 1. The minimum Gasteiger partial charge on any atom is -0.366 e. The van der Waals surface area contributed by atoms with Crippen molar-refractivity contribution in [3.05, 3.63) is 24.3 Å². The number of nitrogens with one attached hydrogen (secondary N) is 2. The highest BCUT2D eigenvalue weighted by Gasteiger charge is 2.36. The molecule has 1 aliphatic rings. The van der Waals surface area contributed by atoms with Gasteiger partial charge in [-0.25, -0.2) is 0 Å². The lowest BCUT2D eigenvalue weighted by molar-refractivity contribution is -0.121. The highest BCUT2D eigenvalue weighted by molar-refractivity contribution is 6.07. The van der Waals surface area contributed by atoms with Crippen LogP contribution in [0.3, 0.4) is 0 Å². The highest BCUT2D eigenvalue weighted by Crippen LogP contribution is 2.29. The van der Waals surface area contributed by atoms with Crippen molar-refractivity contribution in [3.8, 4) is 0 Å². The number of aliphatic imine (C=N–C) groups is 1. The van der Waals surface area contributed by atoms with Crippen LogP contribution in [0.4, 0.5) is 11.4 Å². The first-order chi connectivity index (χ1) is 8.18. The van der Waals surface area contributed by atoms with Crippen molar-refractivity contribution in [3.63, 3.8) is 0 Å². The fraction of sp³-hybridized carbons (Fsp3) is 0.273. The molecule has 1 heterocycles. The predicted molar refractivity (Wildman–Crippen MR) is 67.2 cm³/mol. The maximum atomic E-state index is 11.6. The Balaban J connectivity index is 2.31. The summed E-state index contributed by atoms with van der Waals surface area (Å²) >= 11 is 0. The molecular formula is C11H15N5O. The largest absolute Gasteiger partial charge is 0.366 e. The lowest BCUT2D eigenvalue weighted by atomic mass is 10.1. The van der Waals surface area contributed by atoms with Gasteiger partial charge in [0.05, 0.1) is 17.6 Å². The van der Waals surface area contributed by atoms with Crippen molar-refractivity contribution in [2.24, 2.45) is 16.5 Å². The van der Waals surface area contributed by atoms with Crippen LogP contribution in [-0.4, -0.2) is 30.9 Å². The molecule has 0 saturated heterocycles. The van der Waals surface area contributed by atoms with E-state index in [2.05, 4.69) is 15.6 Å². The zero-order valence-electron chi connectivity index (χ0n) is 9.31. The summed E-state index contributed by atoms with van der Waals surface area (Å²) in [7, 11) is 0. The molecule has 1 aliphatic heterocycles. The van der Waals surface area contributed by atoms with Gasteiger partial charge in [0.2, 0.25) is 5.66 Å². The van der Waals surface area contributed by atoms with Gasteiger partial charge in [-0.1, -0.05) is 12.1 Å². The first-order valence-corrected chi connectivity index (χ1v) is 5.35. The van der Waals surface area contributed by atoms with Crippen molar-refractivity contribution in [1.29, 1.82) is 0 Å². The summed E-state index contributed by atoms with van der Waals surface area (Å²) in [4.78, 5) is 15.8. The average molecular weight is 233 g/mol. The number of anilines is 1. The van der Waals surface area contributed by atoms with Crippen molar-refractivity contribution >= 4 is 23.5 Å². The van der Waals surface area contributed by atoms with E-state index in [4.69, 9.17) is 11.5 Å². The van der Waals surface area contributed by atoms with Gasteiger partial charge in [-0.05, 0) is 12.1 Å². The van der Waals surface area contributed by atoms with Crippen LogP contribution in [0.2, 0.25) is 0 Å². The Bertz CT molecular complexity index is 459. The van der Waals surface area contributed by atoms with E-state index in [0.29, 0.717) is 13.1 Å². The smallest absolute Gasteiger partial charge is 0.264 e. The number of rotatable bonds is 4. The van der Waals surface area contributed by atoms with Crippen molar-refractivity contribution in [2.45, 2.75) is 5.66 Å². The van der Waals surface area contributed by atoms with E-state index in [9.17, 15) is 4.79 Å². The Morgan fingerprint density at radius 2 is 2.24 bits per heavy atom. The van der Waals surface area contributed by atoms with Gasteiger partial charge in [-0.3, -0.25) is 15.1 Å². The summed E-state index contributed by atoms with van der Waals surface area (Å²) in [5.41, 5.74) is 11.2. The monoisotopic (exact) mass is 233 g/mol. The lowest BCUT2D eigenvalue weighted by Crippen LogP contribution is -2.63. The molecule has 17 heavy (non-hydrogen) atoms. The number of benzene rings is 1. The SMILES string of the molecule is NCCNC1(C(N)=O)C=Nc2ccccc2N1. The fourth-order valence-corrected chi connectivity index (χ4v) is 1.67. The van der Waals surface area contributed by atoms with E-state index in [-0.39, 0.29) is 0 Å². The summed E-state index contributed by atoms with van der Waals surface area (Å²) in [6.07, 6.45) is 1.48. The molecule has 90 valence electrons. The Kier molecular flexibility index (Phi) is 3.08. The van der Waals surface area contributed by atoms with Crippen LogP contribution in [0.1, 0.15) is 0 Å². The van der Waals surface area contributed by atoms with E-state index < -0.39 is 11.6 Å². The Hall–Kier alpha value is -1.92. The van der Waals surface area contributed by atoms with E-state index in [1.54, 1.807) is 0 Å². The van der Waals surface area contributed by atoms with Crippen LogP contribution < -0.4 is 22.1 Å². The molecular weight excluding hydrogens is 218 g/mol. The van der Waals surface area contributed by atoms with E-state index >= 15 is 0 Å². The summed E-state index contributed by atoms with van der Waals surface area (Å²) < 4.78 is 0. The van der Waals surface area contributed by atoms with E-state index in [1.165, 1.54) is 6.21 Å². The Morgan fingerprint density at radius 3 is 2.94 bits per heavy atom. The molecule has 1 unspecified atom stereocenters. The molecule has 0 spiro atoms. The molecule has 0 bridgehead atoms. The molecule has 6 heteroatoms. The fourth-order valence-electron chi connectivity index (χ4n) is 1.67. The summed E-state index contributed by atoms with van der Waals surface area (Å²) in [6, 6.07) is 7.43. The number of hydrogen-bond acceptors (Lipinski definition) is 5. The Labute approximate surface area is 99.1 Å². The lowest BCUT2D eigenvalue weighted by Gasteiger charge is -2.33. The Morgan fingerprint density at radius 1 is 1.47 bits per heavy atom. The van der Waals surface area contributed by atoms with Gasteiger partial charge in [0.15, 0.2) is 0 Å². The topological polar surface area (TPSA) is 106 Å². The van der Waals surface area contributed by atoms with Gasteiger partial charge in [-0.15, -0.1) is 0 Å². The van der Waals surface area contributed by atoms with Gasteiger partial charge in [-0.2, -0.15) is 0 Å². The molecule has 1 amide bonds. The average Bonchev–Trinajstić information content (AvgIpc) is 2.36. The van der Waals surface area contributed by atoms with Crippen LogP contribution in [0.15, 0.2) is 29.3 Å². The van der Waals surface area contributed by atoms with Gasteiger partial charge in [0.1, 0.15) is 0 Å². The molecule has 1 aromatic rings. The maximum absolute atomic E-state index is 11.6. The van der Waals surface area contributed by atoms with Gasteiger partial charge in [0, 0.05) is 13.1 Å². The maximum Gasteiger partial charge on any atom is 0.264 e. The first-order valence-electron chi connectivity index (χ1n) is 5.35. The number of para-hydroxylation sites is 2. The molecule has 6 nitrogen and oxygen atoms in total. The molecule has 0 aliphatic carbocycles. The van der Waals surface area contributed by atoms with E-state index in [0.717, 1.165) is 11.4 Å². The van der Waals surface area contributed by atoms with Crippen LogP contribution in [-0.2, 0) is 4.79 Å². The number of fused-ring (bicyclic) bond motifs is 1. The number of hydrogen-bond donors (Lipinski definition) is 4. The van der Waals surface area contributed by atoms with Gasteiger partial charge >= 0.3 is 0 Å². The second-order valence-electron chi connectivity index (χ2n) is 3.79. The van der Waals surface area contributed by atoms with Gasteiger partial charge < -0.3 is 16.8 Å². The third kappa shape index (κ3) is 2.13. The zero-order chi connectivity index (χ0) is 12.3. The molecule has 0 radical (unpaired) electrons. The summed E-state index contributed by atoms with van der Waals surface area (Å²) in [5, 5.41) is 6.02. The molecule has 1 atom stereocenters. The van der Waals surface area contributed by atoms with Crippen LogP contribution in [0, 0.1) is 0 Å². The number of primary amides is 1. The quantitative estimate of drug-likeness (QED) is 0.565. The molecule has 2 rings (SSSR count). The number of carbonyl (C=O) groups is 1. The van der Waals surface area contributed by atoms with Crippen LogP contribution >= 0.6 is 0 Å². The molecule has 0 fully saturated rings. The van der Waals surface area contributed by atoms with E-state index in [1.807, 2.05) is 24.3 Å². The molecule has 6 N–H and O–H groups in total. The predicted octanol–water partition coefficient (Wildman–Crippen LogP) is -0.456. The standard InChI is InChI=1S/C11H15N5O/c12-5-6-15-11(10(13)17)7-14-8-3-1-2-4-9(8)16-11/h1-4,7,15-16H,5-6,12H2,(H2,13,17).